The van der Waals surface area contributed by atoms with Crippen LogP contribution in [-0.4, -0.2) is 0 Å². The zero-order chi connectivity index (χ0) is 35.9. The van der Waals surface area contributed by atoms with E-state index in [9.17, 15) is 0 Å². The van der Waals surface area contributed by atoms with E-state index in [0.717, 1.165) is 12.8 Å². The molecule has 0 amide bonds. The number of aryl methyl sites for hydroxylation is 2. The fraction of sp³-hybridized carbons (Fsp3) is 0.0741. The minimum atomic E-state index is 0.988. The Kier molecular flexibility index (Phi) is 6.91. The highest BCUT2D eigenvalue weighted by Gasteiger charge is 2.25. The van der Waals surface area contributed by atoms with E-state index in [1.54, 1.807) is 0 Å². The summed E-state index contributed by atoms with van der Waals surface area (Å²) in [6, 6.07) is 64.3. The van der Waals surface area contributed by atoms with Gasteiger partial charge in [0.1, 0.15) is 0 Å². The molecule has 0 atom stereocenters. The van der Waals surface area contributed by atoms with Crippen LogP contribution < -0.4 is 0 Å². The quantitative estimate of drug-likeness (QED) is 0.162. The van der Waals surface area contributed by atoms with E-state index in [0.29, 0.717) is 0 Å². The maximum Gasteiger partial charge on any atom is -0.00132 e. The minimum Gasteiger partial charge on any atom is -0.0619 e. The normalized spacial score (nSPS) is 12.5. The van der Waals surface area contributed by atoms with Crippen LogP contribution >= 0.6 is 0 Å². The van der Waals surface area contributed by atoms with Gasteiger partial charge in [-0.3, -0.25) is 0 Å². The summed E-state index contributed by atoms with van der Waals surface area (Å²) in [5.41, 5.74) is 23.9. The van der Waals surface area contributed by atoms with E-state index in [4.69, 9.17) is 0 Å². The Hall–Kier alpha value is -6.50. The van der Waals surface area contributed by atoms with E-state index >= 15 is 0 Å². The second kappa shape index (κ2) is 12.0. The summed E-state index contributed by atoms with van der Waals surface area (Å²) < 4.78 is 0. The number of hydrogen-bond acceptors (Lipinski definition) is 0. The second-order valence-electron chi connectivity index (χ2n) is 15.4. The smallest absolute Gasteiger partial charge is 0.00132 e. The van der Waals surface area contributed by atoms with Crippen LogP contribution in [0.5, 0.6) is 0 Å². The molecule has 11 rings (SSSR count). The molecule has 9 aromatic carbocycles. The van der Waals surface area contributed by atoms with Gasteiger partial charge in [-0.25, -0.2) is 0 Å². The summed E-state index contributed by atoms with van der Waals surface area (Å²) in [6.07, 6.45) is 1.98. The SMILES string of the molecule is Cc1ccc(-c2c3ccc(-c4cccc5c4-c4ccccc4C5)cc3c(-c3ccc(C)cc3)c3ccc(-c4cccc5c4-c4ccccc4C5)cc23)cc1. The van der Waals surface area contributed by atoms with E-state index in [1.165, 1.54) is 122 Å². The molecule has 0 heterocycles. The Morgan fingerprint density at radius 3 is 1.09 bits per heavy atom. The standard InChI is InChI=1S/C54H38/c1-33-17-21-35(22-18-33)51-47-27-25-40(46-16-8-12-42-30-38-10-4-6-14-44(38)54(42)46)32-50(47)52(36-23-19-34(2)20-24-36)48-28-26-39(31-49(48)51)45-15-7-11-41-29-37-9-3-5-13-43(37)53(41)45/h3-28,31-32H,29-30H2,1-2H3. The number of fused-ring (bicyclic) bond motifs is 8. The van der Waals surface area contributed by atoms with Gasteiger partial charge in [0.25, 0.3) is 0 Å². The molecule has 0 aromatic heterocycles. The van der Waals surface area contributed by atoms with Crippen LogP contribution in [0.15, 0.2) is 170 Å². The van der Waals surface area contributed by atoms with Gasteiger partial charge >= 0.3 is 0 Å². The van der Waals surface area contributed by atoms with Gasteiger partial charge in [0, 0.05) is 0 Å². The van der Waals surface area contributed by atoms with Gasteiger partial charge in [0.15, 0.2) is 0 Å². The Morgan fingerprint density at radius 1 is 0.278 bits per heavy atom. The lowest BCUT2D eigenvalue weighted by molar-refractivity contribution is 1.26. The van der Waals surface area contributed by atoms with Gasteiger partial charge in [-0.1, -0.05) is 169 Å². The molecule has 0 aliphatic heterocycles. The van der Waals surface area contributed by atoms with E-state index in [1.807, 2.05) is 0 Å². The molecule has 0 saturated carbocycles. The largest absolute Gasteiger partial charge is 0.0619 e. The predicted octanol–water partition coefficient (Wildman–Crippen LogP) is 14.4. The molecule has 54 heavy (non-hydrogen) atoms. The third-order valence-corrected chi connectivity index (χ3v) is 12.1. The molecule has 0 radical (unpaired) electrons. The van der Waals surface area contributed by atoms with Gasteiger partial charge in [-0.15, -0.1) is 0 Å². The van der Waals surface area contributed by atoms with Gasteiger partial charge < -0.3 is 0 Å². The van der Waals surface area contributed by atoms with Crippen molar-refractivity contribution < 1.29 is 0 Å². The first-order valence-electron chi connectivity index (χ1n) is 19.2. The van der Waals surface area contributed by atoms with Gasteiger partial charge in [0.05, 0.1) is 0 Å². The lowest BCUT2D eigenvalue weighted by atomic mass is 9.82. The average Bonchev–Trinajstić information content (AvgIpc) is 3.79. The first-order valence-corrected chi connectivity index (χ1v) is 19.2. The lowest BCUT2D eigenvalue weighted by Gasteiger charge is -2.21. The van der Waals surface area contributed by atoms with Crippen molar-refractivity contribution in [2.75, 3.05) is 0 Å². The van der Waals surface area contributed by atoms with Crippen LogP contribution in [0.25, 0.3) is 88.3 Å². The van der Waals surface area contributed by atoms with Crippen LogP contribution in [0.4, 0.5) is 0 Å². The molecule has 0 bridgehead atoms. The third kappa shape index (κ3) is 4.77. The zero-order valence-corrected chi connectivity index (χ0v) is 30.6. The van der Waals surface area contributed by atoms with Crippen molar-refractivity contribution in [1.82, 2.24) is 0 Å². The van der Waals surface area contributed by atoms with Crippen molar-refractivity contribution in [3.63, 3.8) is 0 Å². The first kappa shape index (κ1) is 31.1. The van der Waals surface area contributed by atoms with Crippen LogP contribution in [0, 0.1) is 13.8 Å². The van der Waals surface area contributed by atoms with Crippen LogP contribution in [0.2, 0.25) is 0 Å². The average molecular weight is 687 g/mol. The van der Waals surface area contributed by atoms with Crippen molar-refractivity contribution in [1.29, 1.82) is 0 Å². The lowest BCUT2D eigenvalue weighted by Crippen LogP contribution is -1.94. The van der Waals surface area contributed by atoms with Crippen molar-refractivity contribution in [3.05, 3.63) is 203 Å². The van der Waals surface area contributed by atoms with Crippen LogP contribution in [-0.2, 0) is 12.8 Å². The molecular formula is C54H38. The summed E-state index contributed by atoms with van der Waals surface area (Å²) in [6.45, 7) is 4.35. The third-order valence-electron chi connectivity index (χ3n) is 12.1. The fourth-order valence-corrected chi connectivity index (χ4v) is 9.49. The van der Waals surface area contributed by atoms with Gasteiger partial charge in [-0.05, 0) is 149 Å². The topological polar surface area (TPSA) is 0 Å². The van der Waals surface area contributed by atoms with E-state index < -0.39 is 0 Å². The van der Waals surface area contributed by atoms with Crippen molar-refractivity contribution >= 4 is 21.5 Å². The molecule has 9 aromatic rings. The molecule has 0 fully saturated rings. The maximum absolute atomic E-state index is 2.48. The number of benzene rings is 9. The first-order chi connectivity index (χ1) is 26.6. The molecular weight excluding hydrogens is 649 g/mol. The molecule has 0 unspecified atom stereocenters. The van der Waals surface area contributed by atoms with Crippen molar-refractivity contribution in [3.8, 4) is 66.8 Å². The van der Waals surface area contributed by atoms with Crippen LogP contribution in [0.3, 0.4) is 0 Å². The summed E-state index contributed by atoms with van der Waals surface area (Å²) >= 11 is 0. The molecule has 2 aliphatic carbocycles. The summed E-state index contributed by atoms with van der Waals surface area (Å²) in [5, 5.41) is 5.12. The zero-order valence-electron chi connectivity index (χ0n) is 30.6. The fourth-order valence-electron chi connectivity index (χ4n) is 9.49. The Labute approximate surface area is 317 Å². The summed E-state index contributed by atoms with van der Waals surface area (Å²) in [4.78, 5) is 0. The second-order valence-corrected chi connectivity index (χ2v) is 15.4. The summed E-state index contributed by atoms with van der Waals surface area (Å²) in [7, 11) is 0. The highest BCUT2D eigenvalue weighted by molar-refractivity contribution is 6.22. The Morgan fingerprint density at radius 2 is 0.648 bits per heavy atom. The van der Waals surface area contributed by atoms with E-state index in [2.05, 4.69) is 184 Å². The molecule has 254 valence electrons. The predicted molar refractivity (Wildman–Crippen MR) is 229 cm³/mol. The van der Waals surface area contributed by atoms with Crippen LogP contribution in [0.1, 0.15) is 33.4 Å². The maximum atomic E-state index is 2.48. The number of rotatable bonds is 4. The van der Waals surface area contributed by atoms with E-state index in [-0.39, 0.29) is 0 Å². The molecule has 0 spiro atoms. The molecule has 0 saturated heterocycles. The summed E-state index contributed by atoms with van der Waals surface area (Å²) in [5.74, 6) is 0. The molecule has 0 nitrogen and oxygen atoms in total. The monoisotopic (exact) mass is 686 g/mol. The number of hydrogen-bond donors (Lipinski definition) is 0. The Bertz CT molecular complexity index is 2770. The molecule has 2 aliphatic rings. The molecule has 0 heteroatoms. The van der Waals surface area contributed by atoms with Gasteiger partial charge in [0.2, 0.25) is 0 Å². The highest BCUT2D eigenvalue weighted by Crippen LogP contribution is 2.49. The van der Waals surface area contributed by atoms with Crippen molar-refractivity contribution in [2.45, 2.75) is 26.7 Å². The minimum absolute atomic E-state index is 0.988. The van der Waals surface area contributed by atoms with Gasteiger partial charge in [-0.2, -0.15) is 0 Å². The Balaban J connectivity index is 1.23. The van der Waals surface area contributed by atoms with Crippen molar-refractivity contribution in [2.24, 2.45) is 0 Å². The molecule has 0 N–H and O–H groups in total. The highest BCUT2D eigenvalue weighted by atomic mass is 14.3.